The molecule has 100 valence electrons. The van der Waals surface area contributed by atoms with Gasteiger partial charge in [0.1, 0.15) is 6.61 Å². The van der Waals surface area contributed by atoms with E-state index in [1.165, 1.54) is 0 Å². The molecule has 0 spiro atoms. The van der Waals surface area contributed by atoms with Crippen molar-refractivity contribution >= 4 is 10.9 Å². The summed E-state index contributed by atoms with van der Waals surface area (Å²) >= 11 is 0. The third-order valence-corrected chi connectivity index (χ3v) is 2.65. The van der Waals surface area contributed by atoms with Gasteiger partial charge >= 0.3 is 6.18 Å². The third kappa shape index (κ3) is 3.48. The lowest BCUT2D eigenvalue weighted by Crippen LogP contribution is -2.18. The van der Waals surface area contributed by atoms with E-state index in [0.717, 1.165) is 10.9 Å². The molecule has 0 amide bonds. The number of aromatic nitrogens is 1. The predicted octanol–water partition coefficient (Wildman–Crippen LogP) is 3.09. The van der Waals surface area contributed by atoms with Crippen molar-refractivity contribution in [3.8, 4) is 6.07 Å². The topological polar surface area (TPSA) is 38.0 Å². The van der Waals surface area contributed by atoms with Gasteiger partial charge in [-0.2, -0.15) is 18.4 Å². The molecule has 0 aliphatic carbocycles. The molecule has 6 heteroatoms. The molecule has 19 heavy (non-hydrogen) atoms. The minimum Gasteiger partial charge on any atom is -0.370 e. The maximum Gasteiger partial charge on any atom is 0.411 e. The second-order valence-electron chi connectivity index (χ2n) is 4.06. The Morgan fingerprint density at radius 3 is 2.74 bits per heavy atom. The maximum atomic E-state index is 11.9. The highest BCUT2D eigenvalue weighted by Gasteiger charge is 2.27. The number of fused-ring (bicyclic) bond motifs is 1. The fourth-order valence-electron chi connectivity index (χ4n) is 1.80. The van der Waals surface area contributed by atoms with Crippen LogP contribution in [0.15, 0.2) is 30.5 Å². The van der Waals surface area contributed by atoms with Crippen molar-refractivity contribution in [2.24, 2.45) is 0 Å². The minimum atomic E-state index is -4.30. The van der Waals surface area contributed by atoms with Gasteiger partial charge in [0.05, 0.1) is 18.2 Å². The van der Waals surface area contributed by atoms with Crippen LogP contribution in [-0.2, 0) is 11.3 Å². The standard InChI is InChI=1S/C13H11F3N2O/c14-13(15,16)9-19-6-5-18-4-3-11-2-1-10(8-17)7-12(11)18/h1-4,7H,5-6,9H2. The number of benzene rings is 1. The van der Waals surface area contributed by atoms with Gasteiger partial charge in [-0.3, -0.25) is 0 Å². The lowest BCUT2D eigenvalue weighted by Gasteiger charge is -2.09. The van der Waals surface area contributed by atoms with Crippen LogP contribution in [0, 0.1) is 11.3 Å². The largest absolute Gasteiger partial charge is 0.411 e. The van der Waals surface area contributed by atoms with Crippen molar-refractivity contribution in [3.05, 3.63) is 36.0 Å². The first-order chi connectivity index (χ1) is 8.99. The van der Waals surface area contributed by atoms with Crippen molar-refractivity contribution in [2.45, 2.75) is 12.7 Å². The van der Waals surface area contributed by atoms with Gasteiger partial charge < -0.3 is 9.30 Å². The van der Waals surface area contributed by atoms with Crippen LogP contribution in [0.4, 0.5) is 13.2 Å². The van der Waals surface area contributed by atoms with Gasteiger partial charge in [0.15, 0.2) is 0 Å². The van der Waals surface area contributed by atoms with Crippen molar-refractivity contribution < 1.29 is 17.9 Å². The monoisotopic (exact) mass is 268 g/mol. The number of nitriles is 1. The van der Waals surface area contributed by atoms with Gasteiger partial charge in [-0.15, -0.1) is 0 Å². The number of ether oxygens (including phenoxy) is 1. The van der Waals surface area contributed by atoms with E-state index < -0.39 is 12.8 Å². The second-order valence-corrected chi connectivity index (χ2v) is 4.06. The molecule has 1 aromatic carbocycles. The molecule has 1 heterocycles. The van der Waals surface area contributed by atoms with Crippen molar-refractivity contribution in [1.82, 2.24) is 4.57 Å². The van der Waals surface area contributed by atoms with Crippen LogP contribution >= 0.6 is 0 Å². The van der Waals surface area contributed by atoms with Crippen LogP contribution in [0.2, 0.25) is 0 Å². The maximum absolute atomic E-state index is 11.9. The normalized spacial score (nSPS) is 11.7. The minimum absolute atomic E-state index is 0.0277. The summed E-state index contributed by atoms with van der Waals surface area (Å²) in [6, 6.07) is 9.09. The van der Waals surface area contributed by atoms with E-state index in [4.69, 9.17) is 5.26 Å². The highest BCUT2D eigenvalue weighted by atomic mass is 19.4. The van der Waals surface area contributed by atoms with E-state index in [2.05, 4.69) is 4.74 Å². The van der Waals surface area contributed by atoms with Gasteiger partial charge in [0.2, 0.25) is 0 Å². The molecule has 0 bridgehead atoms. The molecule has 0 aliphatic rings. The molecule has 2 rings (SSSR count). The molecule has 0 radical (unpaired) electrons. The van der Waals surface area contributed by atoms with Crippen LogP contribution in [0.5, 0.6) is 0 Å². The average molecular weight is 268 g/mol. The Balaban J connectivity index is 2.03. The fourth-order valence-corrected chi connectivity index (χ4v) is 1.80. The molecule has 0 atom stereocenters. The third-order valence-electron chi connectivity index (χ3n) is 2.65. The van der Waals surface area contributed by atoms with E-state index in [9.17, 15) is 13.2 Å². The molecule has 0 fully saturated rings. The second kappa shape index (κ2) is 5.33. The number of hydrogen-bond acceptors (Lipinski definition) is 2. The van der Waals surface area contributed by atoms with E-state index >= 15 is 0 Å². The average Bonchev–Trinajstić information content (AvgIpc) is 2.76. The lowest BCUT2D eigenvalue weighted by molar-refractivity contribution is -0.174. The SMILES string of the molecule is N#Cc1ccc2ccn(CCOCC(F)(F)F)c2c1. The molecular weight excluding hydrogens is 257 g/mol. The first kappa shape index (κ1) is 13.4. The summed E-state index contributed by atoms with van der Waals surface area (Å²) in [5.74, 6) is 0. The molecule has 2 aromatic rings. The first-order valence-electron chi connectivity index (χ1n) is 5.63. The summed E-state index contributed by atoms with van der Waals surface area (Å²) in [6.45, 7) is -0.954. The summed E-state index contributed by atoms with van der Waals surface area (Å²) in [4.78, 5) is 0. The van der Waals surface area contributed by atoms with Crippen LogP contribution in [0.25, 0.3) is 10.9 Å². The van der Waals surface area contributed by atoms with Crippen LogP contribution < -0.4 is 0 Å². The quantitative estimate of drug-likeness (QED) is 0.799. The lowest BCUT2D eigenvalue weighted by atomic mass is 10.2. The van der Waals surface area contributed by atoms with Gasteiger partial charge in [0, 0.05) is 18.3 Å². The molecule has 0 saturated carbocycles. The number of halogens is 3. The van der Waals surface area contributed by atoms with Crippen LogP contribution in [0.3, 0.4) is 0 Å². The number of nitrogens with zero attached hydrogens (tertiary/aromatic N) is 2. The molecule has 0 saturated heterocycles. The number of rotatable bonds is 4. The molecular formula is C13H11F3N2O. The fraction of sp³-hybridized carbons (Fsp3) is 0.308. The van der Waals surface area contributed by atoms with Crippen LogP contribution in [-0.4, -0.2) is 24.0 Å². The van der Waals surface area contributed by atoms with Crippen LogP contribution in [0.1, 0.15) is 5.56 Å². The first-order valence-corrected chi connectivity index (χ1v) is 5.63. The van der Waals surface area contributed by atoms with Gasteiger partial charge in [-0.1, -0.05) is 6.07 Å². The number of alkyl halides is 3. The summed E-state index contributed by atoms with van der Waals surface area (Å²) in [5.41, 5.74) is 1.33. The van der Waals surface area contributed by atoms with Crippen molar-refractivity contribution in [2.75, 3.05) is 13.2 Å². The zero-order valence-corrected chi connectivity index (χ0v) is 9.94. The van der Waals surface area contributed by atoms with Crippen molar-refractivity contribution in [3.63, 3.8) is 0 Å². The summed E-state index contributed by atoms with van der Waals surface area (Å²) in [5, 5.41) is 9.76. The molecule has 1 aromatic heterocycles. The Morgan fingerprint density at radius 1 is 1.26 bits per heavy atom. The zero-order chi connectivity index (χ0) is 13.9. The Hall–Kier alpha value is -2.00. The Kier molecular flexibility index (Phi) is 3.76. The summed E-state index contributed by atoms with van der Waals surface area (Å²) in [7, 11) is 0. The molecule has 0 N–H and O–H groups in total. The smallest absolute Gasteiger partial charge is 0.370 e. The molecule has 0 unspecified atom stereocenters. The van der Waals surface area contributed by atoms with Gasteiger partial charge in [0.25, 0.3) is 0 Å². The Morgan fingerprint density at radius 2 is 2.05 bits per heavy atom. The molecule has 3 nitrogen and oxygen atoms in total. The van der Waals surface area contributed by atoms with E-state index in [-0.39, 0.29) is 6.61 Å². The van der Waals surface area contributed by atoms with E-state index in [1.807, 2.05) is 12.1 Å². The zero-order valence-electron chi connectivity index (χ0n) is 9.94. The summed E-state index contributed by atoms with van der Waals surface area (Å²) in [6.07, 6.45) is -2.53. The number of hydrogen-bond donors (Lipinski definition) is 0. The Labute approximate surface area is 107 Å². The highest BCUT2D eigenvalue weighted by Crippen LogP contribution is 2.18. The highest BCUT2D eigenvalue weighted by molar-refractivity contribution is 5.81. The molecule has 0 aliphatic heterocycles. The van der Waals surface area contributed by atoms with E-state index in [1.54, 1.807) is 29.0 Å². The van der Waals surface area contributed by atoms with Crippen molar-refractivity contribution in [1.29, 1.82) is 5.26 Å². The van der Waals surface area contributed by atoms with E-state index in [0.29, 0.717) is 12.1 Å². The van der Waals surface area contributed by atoms with Gasteiger partial charge in [-0.25, -0.2) is 0 Å². The Bertz CT molecular complexity index is 610. The van der Waals surface area contributed by atoms with Gasteiger partial charge in [-0.05, 0) is 23.6 Å². The summed E-state index contributed by atoms with van der Waals surface area (Å²) < 4.78 is 42.1. The predicted molar refractivity (Wildman–Crippen MR) is 63.5 cm³/mol.